The Labute approximate surface area is 85.4 Å². The van der Waals surface area contributed by atoms with Gasteiger partial charge in [0.2, 0.25) is 0 Å². The minimum atomic E-state index is -0.420. The van der Waals surface area contributed by atoms with E-state index >= 15 is 0 Å². The monoisotopic (exact) mass is 188 g/mol. The Bertz CT molecular complexity index is 342. The van der Waals surface area contributed by atoms with E-state index in [9.17, 15) is 0 Å². The van der Waals surface area contributed by atoms with Crippen molar-refractivity contribution in [2.75, 3.05) is 0 Å². The normalized spacial score (nSPS) is 13.4. The van der Waals surface area contributed by atoms with Crippen LogP contribution < -0.4 is 5.73 Å². The zero-order valence-electron chi connectivity index (χ0n) is 8.91. The van der Waals surface area contributed by atoms with Crippen molar-refractivity contribution in [2.45, 2.75) is 32.2 Å². The van der Waals surface area contributed by atoms with E-state index in [-0.39, 0.29) is 6.04 Å². The second-order valence-corrected chi connectivity index (χ2v) is 4.15. The third-order valence-corrected chi connectivity index (χ3v) is 2.44. The molecule has 0 unspecified atom stereocenters. The van der Waals surface area contributed by atoms with Gasteiger partial charge in [-0.1, -0.05) is 24.3 Å². The number of nitrogens with two attached hydrogens (primary N) is 1. The lowest BCUT2D eigenvalue weighted by Crippen LogP contribution is -2.14. The number of benzene rings is 1. The Morgan fingerprint density at radius 2 is 1.79 bits per heavy atom. The maximum atomic E-state index is 8.95. The molecule has 1 aromatic carbocycles. The summed E-state index contributed by atoms with van der Waals surface area (Å²) in [5.74, 6) is 0. The summed E-state index contributed by atoms with van der Waals surface area (Å²) in [6, 6.07) is 10.2. The topological polar surface area (TPSA) is 49.8 Å². The molecule has 0 amide bonds. The molecule has 0 radical (unpaired) electrons. The van der Waals surface area contributed by atoms with Crippen molar-refractivity contribution in [1.82, 2.24) is 0 Å². The molecule has 0 fully saturated rings. The summed E-state index contributed by atoms with van der Waals surface area (Å²) < 4.78 is 0. The zero-order valence-corrected chi connectivity index (χ0v) is 8.91. The van der Waals surface area contributed by atoms with Crippen LogP contribution in [0.25, 0.3) is 0 Å². The summed E-state index contributed by atoms with van der Waals surface area (Å²) in [4.78, 5) is 0. The first-order valence-corrected chi connectivity index (χ1v) is 4.74. The molecule has 2 nitrogen and oxygen atoms in total. The Balaban J connectivity index is 3.01. The zero-order chi connectivity index (χ0) is 10.8. The Kier molecular flexibility index (Phi) is 2.93. The van der Waals surface area contributed by atoms with E-state index in [0.29, 0.717) is 0 Å². The van der Waals surface area contributed by atoms with Crippen LogP contribution in [0.15, 0.2) is 24.3 Å². The summed E-state index contributed by atoms with van der Waals surface area (Å²) >= 11 is 0. The van der Waals surface area contributed by atoms with Crippen molar-refractivity contribution in [3.8, 4) is 6.07 Å². The van der Waals surface area contributed by atoms with Crippen molar-refractivity contribution in [1.29, 1.82) is 5.26 Å². The molecule has 0 saturated carbocycles. The molecule has 1 aromatic rings. The predicted molar refractivity (Wildman–Crippen MR) is 57.7 cm³/mol. The van der Waals surface area contributed by atoms with E-state index in [1.165, 1.54) is 0 Å². The van der Waals surface area contributed by atoms with Gasteiger partial charge in [-0.25, -0.2) is 0 Å². The molecular weight excluding hydrogens is 172 g/mol. The summed E-state index contributed by atoms with van der Waals surface area (Å²) in [5, 5.41) is 8.95. The van der Waals surface area contributed by atoms with E-state index in [0.717, 1.165) is 11.1 Å². The number of rotatable bonds is 2. The molecule has 0 bridgehead atoms. The molecule has 0 aromatic heterocycles. The predicted octanol–water partition coefficient (Wildman–Crippen LogP) is 2.51. The van der Waals surface area contributed by atoms with Crippen LogP contribution in [0, 0.1) is 11.3 Å². The fraction of sp³-hybridized carbons (Fsp3) is 0.417. The van der Waals surface area contributed by atoms with Gasteiger partial charge < -0.3 is 5.73 Å². The van der Waals surface area contributed by atoms with Crippen LogP contribution in [0.2, 0.25) is 0 Å². The van der Waals surface area contributed by atoms with Crippen molar-refractivity contribution >= 4 is 0 Å². The van der Waals surface area contributed by atoms with E-state index in [4.69, 9.17) is 11.0 Å². The van der Waals surface area contributed by atoms with Gasteiger partial charge in [-0.3, -0.25) is 0 Å². The maximum Gasteiger partial charge on any atom is 0.0766 e. The first kappa shape index (κ1) is 10.7. The summed E-state index contributed by atoms with van der Waals surface area (Å²) in [6.45, 7) is 5.77. The molecule has 0 heterocycles. The van der Waals surface area contributed by atoms with Gasteiger partial charge in [0.1, 0.15) is 0 Å². The highest BCUT2D eigenvalue weighted by Crippen LogP contribution is 2.23. The highest BCUT2D eigenvalue weighted by atomic mass is 14.6. The fourth-order valence-electron chi connectivity index (χ4n) is 1.27. The van der Waals surface area contributed by atoms with Crippen LogP contribution in [0.5, 0.6) is 0 Å². The van der Waals surface area contributed by atoms with Gasteiger partial charge in [0.25, 0.3) is 0 Å². The number of hydrogen-bond acceptors (Lipinski definition) is 2. The molecule has 2 heteroatoms. The van der Waals surface area contributed by atoms with Crippen LogP contribution in [-0.2, 0) is 5.41 Å². The fourth-order valence-corrected chi connectivity index (χ4v) is 1.27. The second-order valence-electron chi connectivity index (χ2n) is 4.15. The number of nitriles is 1. The molecule has 2 N–H and O–H groups in total. The highest BCUT2D eigenvalue weighted by molar-refractivity contribution is 5.33. The molecule has 74 valence electrons. The van der Waals surface area contributed by atoms with E-state index in [1.54, 1.807) is 0 Å². The van der Waals surface area contributed by atoms with Crippen molar-refractivity contribution < 1.29 is 0 Å². The summed E-state index contributed by atoms with van der Waals surface area (Å²) in [6.07, 6.45) is 0. The molecule has 14 heavy (non-hydrogen) atoms. The van der Waals surface area contributed by atoms with Crippen molar-refractivity contribution in [3.05, 3.63) is 35.4 Å². The quantitative estimate of drug-likeness (QED) is 0.775. The lowest BCUT2D eigenvalue weighted by atomic mass is 9.86. The molecule has 1 atom stereocenters. The van der Waals surface area contributed by atoms with Gasteiger partial charge in [-0.2, -0.15) is 5.26 Å². The molecule has 1 rings (SSSR count). The molecule has 0 spiro atoms. The SMILES string of the molecule is C[C@H](N)c1ccc(C(C)(C)C#N)cc1. The maximum absolute atomic E-state index is 8.95. The average molecular weight is 188 g/mol. The van der Waals surface area contributed by atoms with Crippen molar-refractivity contribution in [2.24, 2.45) is 5.73 Å². The minimum Gasteiger partial charge on any atom is -0.324 e. The summed E-state index contributed by atoms with van der Waals surface area (Å²) in [5.41, 5.74) is 7.45. The van der Waals surface area contributed by atoms with Crippen LogP contribution >= 0.6 is 0 Å². The van der Waals surface area contributed by atoms with Gasteiger partial charge in [-0.05, 0) is 31.9 Å². The van der Waals surface area contributed by atoms with E-state index < -0.39 is 5.41 Å². The van der Waals surface area contributed by atoms with Crippen LogP contribution in [0.1, 0.15) is 37.9 Å². The standard InChI is InChI=1S/C12H16N2/c1-9(14)10-4-6-11(7-5-10)12(2,3)8-13/h4-7,9H,14H2,1-3H3/t9-/m0/s1. The molecule has 0 saturated heterocycles. The Morgan fingerprint density at radius 3 is 2.14 bits per heavy atom. The van der Waals surface area contributed by atoms with Gasteiger partial charge in [-0.15, -0.1) is 0 Å². The van der Waals surface area contributed by atoms with Crippen molar-refractivity contribution in [3.63, 3.8) is 0 Å². The second kappa shape index (κ2) is 3.81. The number of nitrogens with zero attached hydrogens (tertiary/aromatic N) is 1. The first-order valence-electron chi connectivity index (χ1n) is 4.74. The highest BCUT2D eigenvalue weighted by Gasteiger charge is 2.19. The molecular formula is C12H16N2. The summed E-state index contributed by atoms with van der Waals surface area (Å²) in [7, 11) is 0. The third kappa shape index (κ3) is 2.12. The average Bonchev–Trinajstić information content (AvgIpc) is 2.18. The van der Waals surface area contributed by atoms with Gasteiger partial charge in [0.15, 0.2) is 0 Å². The minimum absolute atomic E-state index is 0.0502. The van der Waals surface area contributed by atoms with Crippen LogP contribution in [0.4, 0.5) is 0 Å². The Morgan fingerprint density at radius 1 is 1.29 bits per heavy atom. The van der Waals surface area contributed by atoms with Gasteiger partial charge in [0, 0.05) is 6.04 Å². The molecule has 0 aliphatic heterocycles. The smallest absolute Gasteiger partial charge is 0.0766 e. The largest absolute Gasteiger partial charge is 0.324 e. The van der Waals surface area contributed by atoms with E-state index in [1.807, 2.05) is 45.0 Å². The lowest BCUT2D eigenvalue weighted by molar-refractivity contribution is 0.685. The third-order valence-electron chi connectivity index (χ3n) is 2.44. The van der Waals surface area contributed by atoms with Gasteiger partial charge in [0.05, 0.1) is 11.5 Å². The van der Waals surface area contributed by atoms with Gasteiger partial charge >= 0.3 is 0 Å². The molecule has 0 aliphatic rings. The lowest BCUT2D eigenvalue weighted by Gasteiger charge is -2.16. The number of hydrogen-bond donors (Lipinski definition) is 1. The molecule has 0 aliphatic carbocycles. The first-order chi connectivity index (χ1) is 6.47. The van der Waals surface area contributed by atoms with E-state index in [2.05, 4.69) is 6.07 Å². The Hall–Kier alpha value is -1.33. The van der Waals surface area contributed by atoms with Crippen LogP contribution in [-0.4, -0.2) is 0 Å². The van der Waals surface area contributed by atoms with Crippen LogP contribution in [0.3, 0.4) is 0 Å².